The van der Waals surface area contributed by atoms with Crippen molar-refractivity contribution in [2.75, 3.05) is 0 Å². The molecule has 0 fully saturated rings. The average Bonchev–Trinajstić information content (AvgIpc) is 2.29. The molecule has 1 aliphatic rings. The summed E-state index contributed by atoms with van der Waals surface area (Å²) in [5, 5.41) is 10.4. The van der Waals surface area contributed by atoms with Gasteiger partial charge < -0.3 is 10.1 Å². The molecule has 4 nitrogen and oxygen atoms in total. The molecule has 0 unspecified atom stereocenters. The van der Waals surface area contributed by atoms with Crippen LogP contribution in [0.1, 0.15) is 31.2 Å². The van der Waals surface area contributed by atoms with Crippen molar-refractivity contribution in [2.45, 2.75) is 25.7 Å². The third kappa shape index (κ3) is 2.08. The molecule has 0 N–H and O–H groups in total. The number of halogens is 1. The Morgan fingerprint density at radius 2 is 2.25 bits per heavy atom. The molecule has 0 aliphatic heterocycles. The van der Waals surface area contributed by atoms with Gasteiger partial charge in [-0.05, 0) is 47.2 Å². The zero-order chi connectivity index (χ0) is 11.5. The van der Waals surface area contributed by atoms with Crippen LogP contribution in [0, 0.1) is 15.9 Å². The Bertz CT molecular complexity index is 457. The van der Waals surface area contributed by atoms with Gasteiger partial charge in [-0.2, -0.15) is 4.39 Å². The van der Waals surface area contributed by atoms with E-state index in [9.17, 15) is 14.5 Å². The summed E-state index contributed by atoms with van der Waals surface area (Å²) in [5.74, 6) is -1.57. The third-order valence-corrected chi connectivity index (χ3v) is 2.66. The van der Waals surface area contributed by atoms with E-state index >= 15 is 0 Å². The SMILES string of the molecule is O=[N+]([O-])c1ncc(C2=CCCCC2)cc1F. The van der Waals surface area contributed by atoms with E-state index in [0.29, 0.717) is 5.56 Å². The van der Waals surface area contributed by atoms with Gasteiger partial charge in [-0.25, -0.2) is 0 Å². The molecule has 0 amide bonds. The molecule has 1 aliphatic carbocycles. The van der Waals surface area contributed by atoms with E-state index in [4.69, 9.17) is 0 Å². The first-order valence-electron chi connectivity index (χ1n) is 5.18. The molecular formula is C11H11FN2O2. The lowest BCUT2D eigenvalue weighted by atomic mass is 9.95. The number of pyridine rings is 1. The molecule has 5 heteroatoms. The maximum absolute atomic E-state index is 13.3. The van der Waals surface area contributed by atoms with Crippen molar-refractivity contribution in [3.8, 4) is 0 Å². The van der Waals surface area contributed by atoms with Gasteiger partial charge in [-0.3, -0.25) is 0 Å². The Morgan fingerprint density at radius 3 is 2.81 bits per heavy atom. The van der Waals surface area contributed by atoms with E-state index in [2.05, 4.69) is 4.98 Å². The largest absolute Gasteiger partial charge is 0.399 e. The Kier molecular flexibility index (Phi) is 2.94. The monoisotopic (exact) mass is 222 g/mol. The summed E-state index contributed by atoms with van der Waals surface area (Å²) >= 11 is 0. The highest BCUT2D eigenvalue weighted by Crippen LogP contribution is 2.27. The Balaban J connectivity index is 2.33. The van der Waals surface area contributed by atoms with Gasteiger partial charge in [0.2, 0.25) is 5.82 Å². The van der Waals surface area contributed by atoms with E-state index in [1.165, 1.54) is 12.3 Å². The van der Waals surface area contributed by atoms with Gasteiger partial charge in [0.05, 0.1) is 0 Å². The molecule has 2 rings (SSSR count). The van der Waals surface area contributed by atoms with Gasteiger partial charge in [-0.15, -0.1) is 0 Å². The van der Waals surface area contributed by atoms with Crippen LogP contribution in [0.15, 0.2) is 18.3 Å². The first kappa shape index (κ1) is 10.7. The number of nitro groups is 1. The highest BCUT2D eigenvalue weighted by atomic mass is 19.1. The molecule has 0 radical (unpaired) electrons. The predicted molar refractivity (Wildman–Crippen MR) is 57.3 cm³/mol. The fourth-order valence-corrected chi connectivity index (χ4v) is 1.84. The number of nitrogens with zero attached hydrogens (tertiary/aromatic N) is 2. The van der Waals surface area contributed by atoms with Crippen molar-refractivity contribution in [3.63, 3.8) is 0 Å². The van der Waals surface area contributed by atoms with Crippen LogP contribution in [0.5, 0.6) is 0 Å². The lowest BCUT2D eigenvalue weighted by Crippen LogP contribution is -1.99. The summed E-state index contributed by atoms with van der Waals surface area (Å²) in [6.45, 7) is 0. The van der Waals surface area contributed by atoms with Gasteiger partial charge in [0.1, 0.15) is 6.20 Å². The van der Waals surface area contributed by atoms with Gasteiger partial charge in [-0.1, -0.05) is 6.08 Å². The number of rotatable bonds is 2. The molecule has 1 aromatic rings. The second kappa shape index (κ2) is 4.38. The molecule has 0 saturated heterocycles. The summed E-state index contributed by atoms with van der Waals surface area (Å²) in [6.07, 6.45) is 7.51. The zero-order valence-corrected chi connectivity index (χ0v) is 8.65. The van der Waals surface area contributed by atoms with E-state index in [-0.39, 0.29) is 0 Å². The summed E-state index contributed by atoms with van der Waals surface area (Å²) in [5.41, 5.74) is 1.69. The summed E-state index contributed by atoms with van der Waals surface area (Å²) in [7, 11) is 0. The lowest BCUT2D eigenvalue weighted by Gasteiger charge is -2.11. The molecule has 1 aromatic heterocycles. The van der Waals surface area contributed by atoms with Crippen molar-refractivity contribution in [1.29, 1.82) is 0 Å². The van der Waals surface area contributed by atoms with E-state index < -0.39 is 16.6 Å². The van der Waals surface area contributed by atoms with Gasteiger partial charge >= 0.3 is 5.82 Å². The third-order valence-electron chi connectivity index (χ3n) is 2.66. The van der Waals surface area contributed by atoms with Crippen LogP contribution in [-0.2, 0) is 0 Å². The molecule has 0 atom stereocenters. The van der Waals surface area contributed by atoms with Crippen molar-refractivity contribution >= 4 is 11.4 Å². The van der Waals surface area contributed by atoms with Crippen LogP contribution in [0.2, 0.25) is 0 Å². The number of hydrogen-bond acceptors (Lipinski definition) is 3. The van der Waals surface area contributed by atoms with Crippen molar-refractivity contribution in [2.24, 2.45) is 0 Å². The van der Waals surface area contributed by atoms with Crippen LogP contribution in [0.4, 0.5) is 10.2 Å². The number of aromatic nitrogens is 1. The van der Waals surface area contributed by atoms with E-state index in [1.807, 2.05) is 6.08 Å². The molecule has 1 heterocycles. The van der Waals surface area contributed by atoms with E-state index in [1.54, 1.807) is 0 Å². The van der Waals surface area contributed by atoms with Crippen LogP contribution in [-0.4, -0.2) is 9.91 Å². The summed E-state index contributed by atoms with van der Waals surface area (Å²) in [4.78, 5) is 13.1. The molecular weight excluding hydrogens is 211 g/mol. The van der Waals surface area contributed by atoms with Crippen LogP contribution < -0.4 is 0 Å². The molecule has 84 valence electrons. The van der Waals surface area contributed by atoms with Crippen molar-refractivity contribution < 1.29 is 9.31 Å². The maximum Gasteiger partial charge on any atom is 0.399 e. The lowest BCUT2D eigenvalue weighted by molar-refractivity contribution is -0.392. The second-order valence-electron chi connectivity index (χ2n) is 3.76. The zero-order valence-electron chi connectivity index (χ0n) is 8.65. The van der Waals surface area contributed by atoms with Crippen molar-refractivity contribution in [3.05, 3.63) is 39.8 Å². The quantitative estimate of drug-likeness (QED) is 0.570. The fourth-order valence-electron chi connectivity index (χ4n) is 1.84. The Hall–Kier alpha value is -1.78. The van der Waals surface area contributed by atoms with Gasteiger partial charge in [0.15, 0.2) is 0 Å². The predicted octanol–water partition coefficient (Wildman–Crippen LogP) is 3.09. The number of allylic oxidation sites excluding steroid dienone is 2. The minimum atomic E-state index is -0.867. The molecule has 0 saturated carbocycles. The molecule has 0 aromatic carbocycles. The van der Waals surface area contributed by atoms with E-state index in [0.717, 1.165) is 31.3 Å². The minimum Gasteiger partial charge on any atom is -0.358 e. The van der Waals surface area contributed by atoms with Gasteiger partial charge in [0.25, 0.3) is 0 Å². The highest BCUT2D eigenvalue weighted by Gasteiger charge is 2.18. The summed E-state index contributed by atoms with van der Waals surface area (Å²) < 4.78 is 13.3. The Labute approximate surface area is 92.0 Å². The summed E-state index contributed by atoms with van der Waals surface area (Å²) in [6, 6.07) is 1.20. The van der Waals surface area contributed by atoms with Crippen LogP contribution >= 0.6 is 0 Å². The van der Waals surface area contributed by atoms with Crippen LogP contribution in [0.3, 0.4) is 0 Å². The minimum absolute atomic E-state index is 0.655. The maximum atomic E-state index is 13.3. The smallest absolute Gasteiger partial charge is 0.358 e. The highest BCUT2D eigenvalue weighted by molar-refractivity contribution is 5.66. The molecule has 0 spiro atoms. The standard InChI is InChI=1S/C11H11FN2O2/c12-10-6-9(7-13-11(10)14(15)16)8-4-2-1-3-5-8/h4,6-7H,1-3,5H2. The van der Waals surface area contributed by atoms with Crippen LogP contribution in [0.25, 0.3) is 5.57 Å². The number of hydrogen-bond donors (Lipinski definition) is 0. The molecule has 0 bridgehead atoms. The van der Waals surface area contributed by atoms with Gasteiger partial charge in [0, 0.05) is 5.56 Å². The Morgan fingerprint density at radius 1 is 1.44 bits per heavy atom. The topological polar surface area (TPSA) is 56.0 Å². The average molecular weight is 222 g/mol. The second-order valence-corrected chi connectivity index (χ2v) is 3.76. The first-order chi connectivity index (χ1) is 7.68. The molecule has 16 heavy (non-hydrogen) atoms. The van der Waals surface area contributed by atoms with Crippen molar-refractivity contribution in [1.82, 2.24) is 4.98 Å². The fraction of sp³-hybridized carbons (Fsp3) is 0.364. The normalized spacial score (nSPS) is 15.7. The first-order valence-corrected chi connectivity index (χ1v) is 5.18.